The second-order valence-corrected chi connectivity index (χ2v) is 8.41. The van der Waals surface area contributed by atoms with Crippen molar-refractivity contribution < 1.29 is 13.2 Å². The van der Waals surface area contributed by atoms with Gasteiger partial charge in [0, 0.05) is 51.3 Å². The molecular formula is C13H22N2O3S2. The maximum absolute atomic E-state index is 12.5. The highest BCUT2D eigenvalue weighted by molar-refractivity contribution is 7.91. The summed E-state index contributed by atoms with van der Waals surface area (Å²) in [5, 5.41) is 0. The molecule has 2 rings (SSSR count). The maximum Gasteiger partial charge on any atom is 0.252 e. The van der Waals surface area contributed by atoms with E-state index in [-0.39, 0.29) is 0 Å². The van der Waals surface area contributed by atoms with Gasteiger partial charge in [-0.1, -0.05) is 0 Å². The number of rotatable bonds is 6. The molecule has 20 heavy (non-hydrogen) atoms. The van der Waals surface area contributed by atoms with Crippen LogP contribution in [0.25, 0.3) is 0 Å². The van der Waals surface area contributed by atoms with Crippen molar-refractivity contribution in [2.24, 2.45) is 0 Å². The highest BCUT2D eigenvalue weighted by atomic mass is 32.2. The zero-order valence-electron chi connectivity index (χ0n) is 12.0. The number of ether oxygens (including phenoxy) is 1. The number of nitrogens with zero attached hydrogens (tertiary/aromatic N) is 2. The van der Waals surface area contributed by atoms with Crippen LogP contribution in [-0.4, -0.2) is 64.1 Å². The minimum atomic E-state index is -3.29. The molecule has 1 aliphatic rings. The predicted molar refractivity (Wildman–Crippen MR) is 80.7 cm³/mol. The highest BCUT2D eigenvalue weighted by Crippen LogP contribution is 2.25. The van der Waals surface area contributed by atoms with Crippen LogP contribution in [0.2, 0.25) is 0 Å². The van der Waals surface area contributed by atoms with E-state index in [0.29, 0.717) is 17.3 Å². The van der Waals surface area contributed by atoms with E-state index >= 15 is 0 Å². The van der Waals surface area contributed by atoms with Gasteiger partial charge in [-0.3, -0.25) is 0 Å². The molecule has 0 saturated carbocycles. The van der Waals surface area contributed by atoms with Gasteiger partial charge in [0.1, 0.15) is 4.21 Å². The third-order valence-electron chi connectivity index (χ3n) is 3.46. The number of hydrogen-bond acceptors (Lipinski definition) is 5. The van der Waals surface area contributed by atoms with Gasteiger partial charge in [-0.15, -0.1) is 11.3 Å². The monoisotopic (exact) mass is 318 g/mol. The molecule has 0 spiro atoms. The molecule has 114 valence electrons. The van der Waals surface area contributed by atoms with Crippen molar-refractivity contribution in [3.05, 3.63) is 17.0 Å². The Bertz CT molecular complexity index is 519. The quantitative estimate of drug-likeness (QED) is 0.744. The van der Waals surface area contributed by atoms with Gasteiger partial charge >= 0.3 is 0 Å². The predicted octanol–water partition coefficient (Wildman–Crippen LogP) is 1.40. The van der Waals surface area contributed by atoms with Gasteiger partial charge in [0.25, 0.3) is 10.0 Å². The molecule has 0 N–H and O–H groups in total. The summed E-state index contributed by atoms with van der Waals surface area (Å²) >= 11 is 1.35. The molecule has 0 aliphatic carbocycles. The Balaban J connectivity index is 1.90. The van der Waals surface area contributed by atoms with Gasteiger partial charge in [0.05, 0.1) is 0 Å². The molecule has 0 atom stereocenters. The van der Waals surface area contributed by atoms with Crippen LogP contribution >= 0.6 is 11.3 Å². The van der Waals surface area contributed by atoms with Crippen LogP contribution in [0.4, 0.5) is 0 Å². The number of hydrogen-bond donors (Lipinski definition) is 0. The van der Waals surface area contributed by atoms with Gasteiger partial charge in [-0.2, -0.15) is 4.31 Å². The van der Waals surface area contributed by atoms with Crippen molar-refractivity contribution >= 4 is 21.4 Å². The summed E-state index contributed by atoms with van der Waals surface area (Å²) in [4.78, 5) is 3.33. The van der Waals surface area contributed by atoms with E-state index in [0.717, 1.165) is 37.5 Å². The normalized spacial score (nSPS) is 18.5. The smallest absolute Gasteiger partial charge is 0.252 e. The van der Waals surface area contributed by atoms with E-state index < -0.39 is 10.0 Å². The van der Waals surface area contributed by atoms with E-state index in [9.17, 15) is 8.42 Å². The van der Waals surface area contributed by atoms with E-state index in [1.54, 1.807) is 17.5 Å². The summed E-state index contributed by atoms with van der Waals surface area (Å²) < 4.78 is 32.0. The Kier molecular flexibility index (Phi) is 5.57. The molecule has 0 radical (unpaired) electrons. The minimum Gasteiger partial charge on any atom is -0.385 e. The molecule has 0 amide bonds. The zero-order chi connectivity index (χ0) is 14.6. The molecule has 0 unspecified atom stereocenters. The largest absolute Gasteiger partial charge is 0.385 e. The summed E-state index contributed by atoms with van der Waals surface area (Å²) in [7, 11) is -1.59. The van der Waals surface area contributed by atoms with E-state index in [1.807, 2.05) is 13.0 Å². The van der Waals surface area contributed by atoms with Crippen LogP contribution in [0.15, 0.2) is 16.3 Å². The number of piperazine rings is 1. The fraction of sp³-hybridized carbons (Fsp3) is 0.692. The number of methoxy groups -OCH3 is 1. The van der Waals surface area contributed by atoms with Crippen molar-refractivity contribution in [2.45, 2.75) is 17.6 Å². The van der Waals surface area contributed by atoms with E-state index in [4.69, 9.17) is 4.74 Å². The number of thiophene rings is 1. The first-order chi connectivity index (χ1) is 9.54. The Morgan fingerprint density at radius 3 is 2.50 bits per heavy atom. The van der Waals surface area contributed by atoms with Gasteiger partial charge in [-0.05, 0) is 25.5 Å². The zero-order valence-corrected chi connectivity index (χ0v) is 13.7. The van der Waals surface area contributed by atoms with Crippen molar-refractivity contribution in [2.75, 3.05) is 46.4 Å². The third kappa shape index (κ3) is 3.79. The Morgan fingerprint density at radius 2 is 1.95 bits per heavy atom. The first-order valence-corrected chi connectivity index (χ1v) is 9.07. The van der Waals surface area contributed by atoms with Crippen molar-refractivity contribution in [3.8, 4) is 0 Å². The minimum absolute atomic E-state index is 0.461. The van der Waals surface area contributed by atoms with Gasteiger partial charge in [-0.25, -0.2) is 8.42 Å². The Labute approximate surface area is 125 Å². The molecule has 0 bridgehead atoms. The van der Waals surface area contributed by atoms with Crippen LogP contribution in [-0.2, 0) is 14.8 Å². The van der Waals surface area contributed by atoms with Crippen LogP contribution in [0.3, 0.4) is 0 Å². The third-order valence-corrected chi connectivity index (χ3v) is 6.83. The van der Waals surface area contributed by atoms with Gasteiger partial charge in [0.15, 0.2) is 0 Å². The van der Waals surface area contributed by atoms with Crippen molar-refractivity contribution in [3.63, 3.8) is 0 Å². The summed E-state index contributed by atoms with van der Waals surface area (Å²) in [5.41, 5.74) is 0. The number of aryl methyl sites for hydroxylation is 1. The fourth-order valence-electron chi connectivity index (χ4n) is 2.30. The Hall–Kier alpha value is -0.470. The molecule has 1 aliphatic heterocycles. The topological polar surface area (TPSA) is 49.9 Å². The fourth-order valence-corrected chi connectivity index (χ4v) is 5.16. The first-order valence-electron chi connectivity index (χ1n) is 6.82. The molecule has 1 saturated heterocycles. The lowest BCUT2D eigenvalue weighted by Crippen LogP contribution is -2.48. The standard InChI is InChI=1S/C13H22N2O3S2/c1-12-4-5-13(19-12)20(16,17)15-9-7-14(8-10-15)6-3-11-18-2/h4-5H,3,6-11H2,1-2H3. The lowest BCUT2D eigenvalue weighted by molar-refractivity contribution is 0.149. The average molecular weight is 318 g/mol. The lowest BCUT2D eigenvalue weighted by atomic mass is 10.3. The Morgan fingerprint density at radius 1 is 1.25 bits per heavy atom. The molecule has 5 nitrogen and oxygen atoms in total. The maximum atomic E-state index is 12.5. The average Bonchev–Trinajstić information content (AvgIpc) is 2.87. The summed E-state index contributed by atoms with van der Waals surface area (Å²) in [6.45, 7) is 6.41. The molecule has 0 aromatic carbocycles. The number of sulfonamides is 1. The van der Waals surface area contributed by atoms with Crippen LogP contribution in [0, 0.1) is 6.92 Å². The van der Waals surface area contributed by atoms with Gasteiger partial charge < -0.3 is 9.64 Å². The van der Waals surface area contributed by atoms with Crippen LogP contribution in [0.5, 0.6) is 0 Å². The van der Waals surface area contributed by atoms with Crippen molar-refractivity contribution in [1.29, 1.82) is 0 Å². The molecular weight excluding hydrogens is 296 g/mol. The second-order valence-electron chi connectivity index (χ2n) is 4.96. The van der Waals surface area contributed by atoms with Crippen molar-refractivity contribution in [1.82, 2.24) is 9.21 Å². The molecule has 1 fully saturated rings. The van der Waals surface area contributed by atoms with E-state index in [2.05, 4.69) is 4.90 Å². The summed E-state index contributed by atoms with van der Waals surface area (Å²) in [6.07, 6.45) is 0.993. The highest BCUT2D eigenvalue weighted by Gasteiger charge is 2.29. The molecule has 7 heteroatoms. The van der Waals surface area contributed by atoms with E-state index in [1.165, 1.54) is 11.3 Å². The summed E-state index contributed by atoms with van der Waals surface area (Å²) in [6, 6.07) is 3.57. The molecule has 1 aromatic rings. The van der Waals surface area contributed by atoms with Crippen LogP contribution in [0.1, 0.15) is 11.3 Å². The first kappa shape index (κ1) is 15.9. The van der Waals surface area contributed by atoms with Crippen LogP contribution < -0.4 is 0 Å². The second kappa shape index (κ2) is 7.00. The summed E-state index contributed by atoms with van der Waals surface area (Å²) in [5.74, 6) is 0. The molecule has 2 heterocycles. The molecule has 1 aromatic heterocycles. The SMILES string of the molecule is COCCCN1CCN(S(=O)(=O)c2ccc(C)s2)CC1. The van der Waals surface area contributed by atoms with Gasteiger partial charge in [0.2, 0.25) is 0 Å². The lowest BCUT2D eigenvalue weighted by Gasteiger charge is -2.33.